The second kappa shape index (κ2) is 5.93. The van der Waals surface area contributed by atoms with E-state index in [4.69, 9.17) is 11.6 Å². The van der Waals surface area contributed by atoms with Gasteiger partial charge >= 0.3 is 0 Å². The van der Waals surface area contributed by atoms with Crippen LogP contribution in [0.15, 0.2) is 54.7 Å². The first-order valence-corrected chi connectivity index (χ1v) is 8.41. The van der Waals surface area contributed by atoms with Gasteiger partial charge in [-0.2, -0.15) is 0 Å². The number of carbonyl (C=O) groups is 2. The van der Waals surface area contributed by atoms with Crippen LogP contribution in [0, 0.1) is 0 Å². The monoisotopic (exact) mass is 353 g/mol. The Morgan fingerprint density at radius 3 is 2.44 bits per heavy atom. The summed E-state index contributed by atoms with van der Waals surface area (Å²) in [5.41, 5.74) is 6.79. The molecule has 1 saturated carbocycles. The van der Waals surface area contributed by atoms with E-state index in [0.29, 0.717) is 10.6 Å². The van der Waals surface area contributed by atoms with Gasteiger partial charge in [0.15, 0.2) is 0 Å². The zero-order valence-electron chi connectivity index (χ0n) is 13.3. The van der Waals surface area contributed by atoms with E-state index in [0.717, 1.165) is 29.3 Å². The number of nitrogens with one attached hydrogen (secondary N) is 3. The van der Waals surface area contributed by atoms with Crippen LogP contribution in [-0.2, 0) is 10.2 Å². The summed E-state index contributed by atoms with van der Waals surface area (Å²) in [7, 11) is 0. The highest BCUT2D eigenvalue weighted by atomic mass is 35.5. The molecule has 1 aromatic heterocycles. The Labute approximate surface area is 149 Å². The van der Waals surface area contributed by atoms with E-state index in [1.54, 1.807) is 18.3 Å². The largest absolute Gasteiger partial charge is 0.360 e. The van der Waals surface area contributed by atoms with Crippen molar-refractivity contribution in [1.29, 1.82) is 0 Å². The zero-order chi connectivity index (χ0) is 17.4. The number of fused-ring (bicyclic) bond motifs is 1. The fourth-order valence-corrected chi connectivity index (χ4v) is 3.23. The highest BCUT2D eigenvalue weighted by Crippen LogP contribution is 2.48. The molecule has 6 heteroatoms. The number of benzene rings is 2. The lowest BCUT2D eigenvalue weighted by atomic mass is 9.95. The molecule has 0 unspecified atom stereocenters. The summed E-state index contributed by atoms with van der Waals surface area (Å²) in [6, 6.07) is 14.8. The molecule has 0 radical (unpaired) electrons. The van der Waals surface area contributed by atoms with Gasteiger partial charge in [-0.3, -0.25) is 20.4 Å². The van der Waals surface area contributed by atoms with Crippen LogP contribution in [0.25, 0.3) is 10.9 Å². The smallest absolute Gasteiger partial charge is 0.271 e. The third kappa shape index (κ3) is 2.76. The lowest BCUT2D eigenvalue weighted by Gasteiger charge is -2.16. The SMILES string of the molecule is O=C(NNC(=O)C1(c2ccc(Cl)cc2)CC1)c1c[nH]c2ccccc12. The predicted octanol–water partition coefficient (Wildman–Crippen LogP) is 3.31. The Morgan fingerprint density at radius 2 is 1.72 bits per heavy atom. The molecular formula is C19H16ClN3O2. The van der Waals surface area contributed by atoms with Gasteiger partial charge in [0.2, 0.25) is 5.91 Å². The standard InChI is InChI=1S/C19H16ClN3O2/c20-13-7-5-12(6-8-13)19(9-10-19)18(25)23-22-17(24)15-11-21-16-4-2-1-3-14(15)16/h1-8,11,21H,9-10H2,(H,22,24)(H,23,25). The van der Waals surface area contributed by atoms with Crippen molar-refractivity contribution in [3.63, 3.8) is 0 Å². The number of rotatable bonds is 3. The van der Waals surface area contributed by atoms with Crippen LogP contribution in [0.1, 0.15) is 28.8 Å². The van der Waals surface area contributed by atoms with Gasteiger partial charge in [-0.25, -0.2) is 0 Å². The van der Waals surface area contributed by atoms with E-state index in [1.165, 1.54) is 0 Å². The van der Waals surface area contributed by atoms with Crippen molar-refractivity contribution in [3.05, 3.63) is 70.9 Å². The third-order valence-electron chi connectivity index (χ3n) is 4.70. The van der Waals surface area contributed by atoms with Crippen LogP contribution in [0.2, 0.25) is 5.02 Å². The normalized spacial score (nSPS) is 14.9. The van der Waals surface area contributed by atoms with Crippen molar-refractivity contribution in [2.45, 2.75) is 18.3 Å². The van der Waals surface area contributed by atoms with Gasteiger partial charge in [0.25, 0.3) is 5.91 Å². The van der Waals surface area contributed by atoms with Gasteiger partial charge in [0, 0.05) is 22.1 Å². The lowest BCUT2D eigenvalue weighted by molar-refractivity contribution is -0.124. The van der Waals surface area contributed by atoms with Crippen molar-refractivity contribution < 1.29 is 9.59 Å². The number of amides is 2. The first kappa shape index (κ1) is 15.7. The molecule has 2 amide bonds. The van der Waals surface area contributed by atoms with Crippen LogP contribution in [0.3, 0.4) is 0 Å². The minimum atomic E-state index is -0.571. The molecule has 4 rings (SSSR count). The highest BCUT2D eigenvalue weighted by Gasteiger charge is 2.51. The van der Waals surface area contributed by atoms with Gasteiger partial charge in [0.1, 0.15) is 0 Å². The molecule has 25 heavy (non-hydrogen) atoms. The Kier molecular flexibility index (Phi) is 3.73. The summed E-state index contributed by atoms with van der Waals surface area (Å²) in [5.74, 6) is -0.555. The van der Waals surface area contributed by atoms with Crippen LogP contribution in [0.5, 0.6) is 0 Å². The van der Waals surface area contributed by atoms with E-state index in [9.17, 15) is 9.59 Å². The Hall–Kier alpha value is -2.79. The maximum atomic E-state index is 12.6. The van der Waals surface area contributed by atoms with Crippen molar-refractivity contribution in [2.75, 3.05) is 0 Å². The topological polar surface area (TPSA) is 74.0 Å². The van der Waals surface area contributed by atoms with Crippen molar-refractivity contribution >= 4 is 34.3 Å². The fraction of sp³-hybridized carbons (Fsp3) is 0.158. The molecule has 0 aliphatic heterocycles. The number of carbonyl (C=O) groups excluding carboxylic acids is 2. The summed E-state index contributed by atoms with van der Waals surface area (Å²) in [6.07, 6.45) is 3.14. The number of aromatic nitrogens is 1. The number of H-pyrrole nitrogens is 1. The lowest BCUT2D eigenvalue weighted by Crippen LogP contribution is -2.46. The minimum Gasteiger partial charge on any atom is -0.360 e. The molecule has 0 atom stereocenters. The quantitative estimate of drug-likeness (QED) is 0.632. The van der Waals surface area contributed by atoms with Crippen LogP contribution in [-0.4, -0.2) is 16.8 Å². The third-order valence-corrected chi connectivity index (χ3v) is 4.96. The summed E-state index contributed by atoms with van der Waals surface area (Å²) >= 11 is 5.91. The minimum absolute atomic E-state index is 0.206. The molecule has 1 aliphatic carbocycles. The number of hydrogen-bond acceptors (Lipinski definition) is 2. The summed E-state index contributed by atoms with van der Waals surface area (Å²) in [4.78, 5) is 28.0. The van der Waals surface area contributed by atoms with Gasteiger partial charge < -0.3 is 4.98 Å². The maximum absolute atomic E-state index is 12.6. The van der Waals surface area contributed by atoms with Crippen molar-refractivity contribution in [3.8, 4) is 0 Å². The predicted molar refractivity (Wildman–Crippen MR) is 96.3 cm³/mol. The average molecular weight is 354 g/mol. The molecule has 1 heterocycles. The molecule has 3 N–H and O–H groups in total. The molecular weight excluding hydrogens is 338 g/mol. The number of halogens is 1. The zero-order valence-corrected chi connectivity index (χ0v) is 14.1. The Morgan fingerprint density at radius 1 is 1.00 bits per heavy atom. The van der Waals surface area contributed by atoms with Crippen LogP contribution >= 0.6 is 11.6 Å². The van der Waals surface area contributed by atoms with Crippen LogP contribution < -0.4 is 10.9 Å². The average Bonchev–Trinajstić information content (AvgIpc) is 3.33. The molecule has 0 saturated heterocycles. The molecule has 126 valence electrons. The fourth-order valence-electron chi connectivity index (χ4n) is 3.10. The van der Waals surface area contributed by atoms with Crippen LogP contribution in [0.4, 0.5) is 0 Å². The molecule has 0 spiro atoms. The van der Waals surface area contributed by atoms with E-state index in [-0.39, 0.29) is 11.8 Å². The van der Waals surface area contributed by atoms with Gasteiger partial charge in [-0.15, -0.1) is 0 Å². The Balaban J connectivity index is 1.47. The molecule has 3 aromatic rings. The number of aromatic amines is 1. The van der Waals surface area contributed by atoms with E-state index in [2.05, 4.69) is 15.8 Å². The molecule has 1 fully saturated rings. The molecule has 1 aliphatic rings. The molecule has 2 aromatic carbocycles. The molecule has 5 nitrogen and oxygen atoms in total. The van der Waals surface area contributed by atoms with E-state index in [1.807, 2.05) is 36.4 Å². The summed E-state index contributed by atoms with van der Waals surface area (Å²) in [5, 5.41) is 1.45. The van der Waals surface area contributed by atoms with Gasteiger partial charge in [-0.05, 0) is 36.6 Å². The number of hydrogen-bond donors (Lipinski definition) is 3. The summed E-state index contributed by atoms with van der Waals surface area (Å²) in [6.45, 7) is 0. The van der Waals surface area contributed by atoms with E-state index < -0.39 is 5.41 Å². The van der Waals surface area contributed by atoms with Gasteiger partial charge in [-0.1, -0.05) is 41.9 Å². The first-order chi connectivity index (χ1) is 12.1. The van der Waals surface area contributed by atoms with E-state index >= 15 is 0 Å². The maximum Gasteiger partial charge on any atom is 0.271 e. The van der Waals surface area contributed by atoms with Crippen molar-refractivity contribution in [1.82, 2.24) is 15.8 Å². The Bertz CT molecular complexity index is 958. The first-order valence-electron chi connectivity index (χ1n) is 8.03. The van der Waals surface area contributed by atoms with Gasteiger partial charge in [0.05, 0.1) is 11.0 Å². The number of para-hydroxylation sites is 1. The summed E-state index contributed by atoms with van der Waals surface area (Å²) < 4.78 is 0. The second-order valence-electron chi connectivity index (χ2n) is 6.25. The second-order valence-corrected chi connectivity index (χ2v) is 6.68. The molecule has 0 bridgehead atoms. The number of hydrazine groups is 1. The highest BCUT2D eigenvalue weighted by molar-refractivity contribution is 6.30. The van der Waals surface area contributed by atoms with Crippen molar-refractivity contribution in [2.24, 2.45) is 0 Å².